The van der Waals surface area contributed by atoms with Gasteiger partial charge in [0.2, 0.25) is 11.8 Å². The van der Waals surface area contributed by atoms with Crippen LogP contribution in [-0.2, 0) is 9.59 Å². The fraction of sp³-hybridized carbons (Fsp3) is 0.600. The minimum absolute atomic E-state index is 0. The highest BCUT2D eigenvalue weighted by atomic mass is 35.5. The molecule has 29 heavy (non-hydrogen) atoms. The number of nitrogens with one attached hydrogen (secondary N) is 2. The van der Waals surface area contributed by atoms with E-state index in [2.05, 4.69) is 15.5 Å². The van der Waals surface area contributed by atoms with Gasteiger partial charge in [0.05, 0.1) is 6.54 Å². The van der Waals surface area contributed by atoms with Crippen molar-refractivity contribution in [2.45, 2.75) is 26.3 Å². The highest BCUT2D eigenvalue weighted by Crippen LogP contribution is 2.18. The molecule has 2 N–H and O–H groups in total. The van der Waals surface area contributed by atoms with Crippen LogP contribution in [0.25, 0.3) is 0 Å². The summed E-state index contributed by atoms with van der Waals surface area (Å²) < 4.78 is 0. The Morgan fingerprint density at radius 2 is 1.90 bits per heavy atom. The molecule has 2 aliphatic heterocycles. The van der Waals surface area contributed by atoms with Crippen LogP contribution in [0, 0.1) is 13.8 Å². The SMILES string of the molecule is Cc1cccc(NC(=O)CN2CCN(C(=O)CC3CSCCN3)CC2)c1C.Cl.Cl. The lowest BCUT2D eigenvalue weighted by atomic mass is 10.1. The zero-order chi connectivity index (χ0) is 19.2. The van der Waals surface area contributed by atoms with E-state index >= 15 is 0 Å². The van der Waals surface area contributed by atoms with Gasteiger partial charge in [-0.2, -0.15) is 11.8 Å². The summed E-state index contributed by atoms with van der Waals surface area (Å²) in [5, 5.41) is 6.44. The van der Waals surface area contributed by atoms with Crippen molar-refractivity contribution in [2.75, 3.05) is 56.1 Å². The molecular weight excluding hydrogens is 431 g/mol. The second-order valence-electron chi connectivity index (χ2n) is 7.38. The molecule has 0 spiro atoms. The molecule has 0 saturated carbocycles. The molecule has 2 aliphatic rings. The summed E-state index contributed by atoms with van der Waals surface area (Å²) in [6, 6.07) is 6.25. The zero-order valence-electron chi connectivity index (χ0n) is 17.1. The van der Waals surface area contributed by atoms with E-state index in [1.54, 1.807) is 0 Å². The molecule has 164 valence electrons. The van der Waals surface area contributed by atoms with Gasteiger partial charge in [0.1, 0.15) is 0 Å². The number of hydrogen-bond acceptors (Lipinski definition) is 5. The van der Waals surface area contributed by atoms with Crippen LogP contribution in [0.15, 0.2) is 18.2 Å². The highest BCUT2D eigenvalue weighted by molar-refractivity contribution is 7.99. The van der Waals surface area contributed by atoms with E-state index in [1.807, 2.05) is 48.7 Å². The first-order valence-corrected chi connectivity index (χ1v) is 10.9. The first-order chi connectivity index (χ1) is 13.0. The molecule has 9 heteroatoms. The molecule has 1 atom stereocenters. The highest BCUT2D eigenvalue weighted by Gasteiger charge is 2.25. The summed E-state index contributed by atoms with van der Waals surface area (Å²) in [5.41, 5.74) is 3.16. The number of thioether (sulfide) groups is 1. The number of anilines is 1. The Morgan fingerprint density at radius 1 is 1.17 bits per heavy atom. The van der Waals surface area contributed by atoms with Crippen LogP contribution in [0.5, 0.6) is 0 Å². The second-order valence-corrected chi connectivity index (χ2v) is 8.53. The lowest BCUT2D eigenvalue weighted by Crippen LogP contribution is -2.52. The Morgan fingerprint density at radius 3 is 2.55 bits per heavy atom. The Kier molecular flexibility index (Phi) is 11.4. The first kappa shape index (κ1) is 26.0. The van der Waals surface area contributed by atoms with Gasteiger partial charge in [0.25, 0.3) is 0 Å². The van der Waals surface area contributed by atoms with Crippen LogP contribution in [-0.4, -0.2) is 78.4 Å². The van der Waals surface area contributed by atoms with E-state index < -0.39 is 0 Å². The van der Waals surface area contributed by atoms with Crippen LogP contribution >= 0.6 is 36.6 Å². The fourth-order valence-electron chi connectivity index (χ4n) is 3.53. The molecule has 0 radical (unpaired) electrons. The van der Waals surface area contributed by atoms with Gasteiger partial charge in [-0.25, -0.2) is 0 Å². The number of carbonyl (C=O) groups excluding carboxylic acids is 2. The van der Waals surface area contributed by atoms with Gasteiger partial charge in [-0.15, -0.1) is 24.8 Å². The molecule has 1 aromatic carbocycles. The molecule has 0 aliphatic carbocycles. The molecule has 2 amide bonds. The normalized spacial score (nSPS) is 19.7. The van der Waals surface area contributed by atoms with Gasteiger partial charge in [-0.1, -0.05) is 12.1 Å². The molecule has 2 fully saturated rings. The van der Waals surface area contributed by atoms with E-state index in [4.69, 9.17) is 0 Å². The van der Waals surface area contributed by atoms with Gasteiger partial charge in [0.15, 0.2) is 0 Å². The van der Waals surface area contributed by atoms with E-state index in [9.17, 15) is 9.59 Å². The zero-order valence-corrected chi connectivity index (χ0v) is 19.6. The third-order valence-corrected chi connectivity index (χ3v) is 6.52. The molecule has 2 saturated heterocycles. The lowest BCUT2D eigenvalue weighted by Gasteiger charge is -2.35. The minimum Gasteiger partial charge on any atom is -0.340 e. The van der Waals surface area contributed by atoms with E-state index in [0.717, 1.165) is 42.4 Å². The van der Waals surface area contributed by atoms with Crippen LogP contribution < -0.4 is 10.6 Å². The van der Waals surface area contributed by atoms with E-state index in [1.165, 1.54) is 5.56 Å². The Hall–Kier alpha value is -0.990. The van der Waals surface area contributed by atoms with Crippen molar-refractivity contribution in [3.8, 4) is 0 Å². The third kappa shape index (κ3) is 7.64. The molecule has 6 nitrogen and oxygen atoms in total. The summed E-state index contributed by atoms with van der Waals surface area (Å²) in [6.07, 6.45) is 0.583. The predicted molar refractivity (Wildman–Crippen MR) is 126 cm³/mol. The number of carbonyl (C=O) groups is 2. The van der Waals surface area contributed by atoms with Gasteiger partial charge in [0, 0.05) is 62.4 Å². The molecular formula is C20H32Cl2N4O2S. The average Bonchev–Trinajstić information content (AvgIpc) is 2.67. The maximum Gasteiger partial charge on any atom is 0.238 e. The number of aryl methyl sites for hydroxylation is 1. The predicted octanol–water partition coefficient (Wildman–Crippen LogP) is 2.32. The standard InChI is InChI=1S/C20H30N4O2S.2ClH/c1-15-4-3-5-18(16(15)2)22-19(25)13-23-7-9-24(10-8-23)20(26)12-17-14-27-11-6-21-17;;/h3-5,17,21H,6-14H2,1-2H3,(H,22,25);2*1H. The van der Waals surface area contributed by atoms with Crippen molar-refractivity contribution >= 4 is 54.1 Å². The number of benzene rings is 1. The van der Waals surface area contributed by atoms with Crippen molar-refractivity contribution in [3.63, 3.8) is 0 Å². The molecule has 1 unspecified atom stereocenters. The molecule has 0 aromatic heterocycles. The van der Waals surface area contributed by atoms with Crippen molar-refractivity contribution in [1.29, 1.82) is 0 Å². The Labute approximate surface area is 190 Å². The van der Waals surface area contributed by atoms with Crippen molar-refractivity contribution in [3.05, 3.63) is 29.3 Å². The van der Waals surface area contributed by atoms with Gasteiger partial charge in [-0.05, 0) is 31.0 Å². The monoisotopic (exact) mass is 462 g/mol. The summed E-state index contributed by atoms with van der Waals surface area (Å²) in [7, 11) is 0. The van der Waals surface area contributed by atoms with Crippen molar-refractivity contribution < 1.29 is 9.59 Å². The number of halogens is 2. The summed E-state index contributed by atoms with van der Waals surface area (Å²) in [5.74, 6) is 2.39. The quantitative estimate of drug-likeness (QED) is 0.702. The maximum atomic E-state index is 12.5. The number of rotatable bonds is 5. The van der Waals surface area contributed by atoms with Crippen LogP contribution in [0.2, 0.25) is 0 Å². The smallest absolute Gasteiger partial charge is 0.238 e. The molecule has 0 bridgehead atoms. The third-order valence-electron chi connectivity index (χ3n) is 5.39. The van der Waals surface area contributed by atoms with E-state index in [-0.39, 0.29) is 36.6 Å². The van der Waals surface area contributed by atoms with Gasteiger partial charge in [-0.3, -0.25) is 14.5 Å². The summed E-state index contributed by atoms with van der Waals surface area (Å²) in [4.78, 5) is 28.9. The maximum absolute atomic E-state index is 12.5. The van der Waals surface area contributed by atoms with Crippen molar-refractivity contribution in [1.82, 2.24) is 15.1 Å². The van der Waals surface area contributed by atoms with Gasteiger partial charge < -0.3 is 15.5 Å². The number of amides is 2. The Bertz CT molecular complexity index is 678. The largest absolute Gasteiger partial charge is 0.340 e. The molecule has 1 aromatic rings. The lowest BCUT2D eigenvalue weighted by molar-refractivity contribution is -0.133. The minimum atomic E-state index is 0. The summed E-state index contributed by atoms with van der Waals surface area (Å²) >= 11 is 1.92. The fourth-order valence-corrected chi connectivity index (χ4v) is 4.47. The topological polar surface area (TPSA) is 64.7 Å². The number of nitrogens with zero attached hydrogens (tertiary/aromatic N) is 2. The van der Waals surface area contributed by atoms with Crippen LogP contribution in [0.1, 0.15) is 17.5 Å². The van der Waals surface area contributed by atoms with E-state index in [0.29, 0.717) is 32.1 Å². The van der Waals surface area contributed by atoms with Crippen molar-refractivity contribution in [2.24, 2.45) is 0 Å². The second kappa shape index (κ2) is 12.6. The number of hydrogen-bond donors (Lipinski definition) is 2. The molecule has 3 rings (SSSR count). The molecule has 2 heterocycles. The first-order valence-electron chi connectivity index (χ1n) is 9.70. The Balaban J connectivity index is 0.00000210. The van der Waals surface area contributed by atoms with Crippen LogP contribution in [0.3, 0.4) is 0 Å². The average molecular weight is 463 g/mol. The number of piperazine rings is 1. The van der Waals surface area contributed by atoms with Crippen LogP contribution in [0.4, 0.5) is 5.69 Å². The van der Waals surface area contributed by atoms with Gasteiger partial charge >= 0.3 is 0 Å². The summed E-state index contributed by atoms with van der Waals surface area (Å²) in [6.45, 7) is 8.34.